The minimum absolute atomic E-state index is 0.0152. The maximum Gasteiger partial charge on any atom is 0.324 e. The molecule has 0 unspecified atom stereocenters. The minimum Gasteiger partial charge on any atom is -0.493 e. The van der Waals surface area contributed by atoms with Gasteiger partial charge in [-0.25, -0.2) is 13.2 Å². The van der Waals surface area contributed by atoms with Crippen LogP contribution in [0.2, 0.25) is 0 Å². The van der Waals surface area contributed by atoms with Gasteiger partial charge in [-0.15, -0.1) is 0 Å². The molecule has 0 aliphatic carbocycles. The molecule has 1 heterocycles. The van der Waals surface area contributed by atoms with Crippen LogP contribution in [0.25, 0.3) is 0 Å². The maximum absolute atomic E-state index is 12.8. The summed E-state index contributed by atoms with van der Waals surface area (Å²) in [7, 11) is -1.04. The van der Waals surface area contributed by atoms with Crippen LogP contribution in [0, 0.1) is 0 Å². The third-order valence-electron chi connectivity index (χ3n) is 4.21. The van der Waals surface area contributed by atoms with E-state index in [0.717, 1.165) is 4.90 Å². The van der Waals surface area contributed by atoms with Crippen LogP contribution in [0.1, 0.15) is 5.56 Å². The highest BCUT2D eigenvalue weighted by atomic mass is 79.9. The summed E-state index contributed by atoms with van der Waals surface area (Å²) in [4.78, 5) is 24.3. The van der Waals surface area contributed by atoms with Gasteiger partial charge in [0.1, 0.15) is 4.90 Å². The highest BCUT2D eigenvalue weighted by molar-refractivity contribution is 9.10. The van der Waals surface area contributed by atoms with Crippen molar-refractivity contribution in [2.45, 2.75) is 11.4 Å². The Labute approximate surface area is 176 Å². The predicted molar refractivity (Wildman–Crippen MR) is 108 cm³/mol. The lowest BCUT2D eigenvalue weighted by Crippen LogP contribution is -2.30. The first-order valence-corrected chi connectivity index (χ1v) is 10.6. The normalized spacial score (nSPS) is 14.0. The molecule has 0 bridgehead atoms. The van der Waals surface area contributed by atoms with Gasteiger partial charge < -0.3 is 14.8 Å². The van der Waals surface area contributed by atoms with E-state index in [1.807, 2.05) is 0 Å². The van der Waals surface area contributed by atoms with Gasteiger partial charge >= 0.3 is 6.03 Å². The fourth-order valence-electron chi connectivity index (χ4n) is 2.73. The van der Waals surface area contributed by atoms with Crippen molar-refractivity contribution in [2.75, 3.05) is 25.5 Å². The Morgan fingerprint density at radius 2 is 1.72 bits per heavy atom. The van der Waals surface area contributed by atoms with E-state index in [1.165, 1.54) is 26.4 Å². The van der Waals surface area contributed by atoms with Gasteiger partial charge in [0.15, 0.2) is 11.5 Å². The largest absolute Gasteiger partial charge is 0.493 e. The fourth-order valence-corrected chi connectivity index (χ4v) is 4.82. The SMILES string of the molecule is COc1cc(Br)c(S(=O)(=O)Nc2ccc(CN3C(=O)CNC3=O)cc2)cc1OC. The van der Waals surface area contributed by atoms with E-state index in [9.17, 15) is 18.0 Å². The molecule has 3 amide bonds. The fraction of sp³-hybridized carbons (Fsp3) is 0.222. The van der Waals surface area contributed by atoms with E-state index >= 15 is 0 Å². The van der Waals surface area contributed by atoms with Crippen LogP contribution < -0.4 is 19.5 Å². The minimum atomic E-state index is -3.92. The molecule has 0 radical (unpaired) electrons. The van der Waals surface area contributed by atoms with Gasteiger partial charge in [-0.3, -0.25) is 14.4 Å². The molecule has 2 aromatic carbocycles. The Kier molecular flexibility index (Phi) is 5.99. The van der Waals surface area contributed by atoms with Crippen molar-refractivity contribution < 1.29 is 27.5 Å². The van der Waals surface area contributed by atoms with Crippen LogP contribution in [0.4, 0.5) is 10.5 Å². The average molecular weight is 484 g/mol. The van der Waals surface area contributed by atoms with Crippen molar-refractivity contribution in [3.63, 3.8) is 0 Å². The van der Waals surface area contributed by atoms with Crippen molar-refractivity contribution in [1.82, 2.24) is 10.2 Å². The van der Waals surface area contributed by atoms with Crippen LogP contribution in [0.3, 0.4) is 0 Å². The van der Waals surface area contributed by atoms with Crippen LogP contribution in [-0.2, 0) is 21.4 Å². The van der Waals surface area contributed by atoms with E-state index in [1.54, 1.807) is 24.3 Å². The van der Waals surface area contributed by atoms with Crippen LogP contribution >= 0.6 is 15.9 Å². The summed E-state index contributed by atoms with van der Waals surface area (Å²) >= 11 is 3.24. The van der Waals surface area contributed by atoms with Crippen LogP contribution in [0.15, 0.2) is 45.8 Å². The lowest BCUT2D eigenvalue weighted by molar-refractivity contribution is -0.125. The monoisotopic (exact) mass is 483 g/mol. The first-order chi connectivity index (χ1) is 13.7. The first kappa shape index (κ1) is 20.9. The smallest absolute Gasteiger partial charge is 0.324 e. The van der Waals surface area contributed by atoms with Gasteiger partial charge in [0.2, 0.25) is 5.91 Å². The Hall–Kier alpha value is -2.79. The number of amides is 3. The Bertz CT molecular complexity index is 1040. The molecule has 1 aliphatic heterocycles. The molecule has 1 saturated heterocycles. The second-order valence-electron chi connectivity index (χ2n) is 6.08. The number of rotatable bonds is 7. The molecule has 2 N–H and O–H groups in total. The topological polar surface area (TPSA) is 114 Å². The van der Waals surface area contributed by atoms with Crippen molar-refractivity contribution in [3.8, 4) is 11.5 Å². The highest BCUT2D eigenvalue weighted by Gasteiger charge is 2.28. The number of hydrogen-bond acceptors (Lipinski definition) is 6. The Morgan fingerprint density at radius 3 is 2.28 bits per heavy atom. The number of hydrogen-bond donors (Lipinski definition) is 2. The number of carbonyl (C=O) groups is 2. The standard InChI is InChI=1S/C18H18BrN3O6S/c1-27-14-7-13(19)16(8-15(14)28-2)29(25,26)21-12-5-3-11(4-6-12)10-22-17(23)9-20-18(22)24/h3-8,21H,9-10H2,1-2H3,(H,20,24). The summed E-state index contributed by atoms with van der Waals surface area (Å²) in [6.45, 7) is 0.0931. The summed E-state index contributed by atoms with van der Waals surface area (Å²) in [6.07, 6.45) is 0. The van der Waals surface area contributed by atoms with E-state index < -0.39 is 16.1 Å². The zero-order valence-corrected chi connectivity index (χ0v) is 18.0. The molecule has 0 aromatic heterocycles. The van der Waals surface area contributed by atoms with Crippen molar-refractivity contribution in [3.05, 3.63) is 46.4 Å². The molecule has 9 nitrogen and oxygen atoms in total. The third-order valence-corrected chi connectivity index (χ3v) is 6.55. The zero-order chi connectivity index (χ0) is 21.2. The van der Waals surface area contributed by atoms with Crippen LogP contribution in [0.5, 0.6) is 11.5 Å². The van der Waals surface area contributed by atoms with E-state index in [-0.39, 0.29) is 29.6 Å². The molecule has 154 valence electrons. The number of imide groups is 1. The van der Waals surface area contributed by atoms with Gasteiger partial charge in [-0.05, 0) is 39.7 Å². The molecule has 1 fully saturated rings. The predicted octanol–water partition coefficient (Wildman–Crippen LogP) is 2.32. The average Bonchev–Trinajstić information content (AvgIpc) is 3.00. The number of ether oxygens (including phenoxy) is 2. The summed E-state index contributed by atoms with van der Waals surface area (Å²) in [6, 6.07) is 8.81. The van der Waals surface area contributed by atoms with Gasteiger partial charge in [0.05, 0.1) is 27.3 Å². The second kappa shape index (κ2) is 8.29. The van der Waals surface area contributed by atoms with Gasteiger partial charge in [-0.2, -0.15) is 0 Å². The Balaban J connectivity index is 1.79. The number of anilines is 1. The van der Waals surface area contributed by atoms with Crippen LogP contribution in [-0.4, -0.2) is 46.0 Å². The second-order valence-corrected chi connectivity index (χ2v) is 8.58. The van der Waals surface area contributed by atoms with E-state index in [0.29, 0.717) is 21.5 Å². The number of nitrogens with one attached hydrogen (secondary N) is 2. The van der Waals surface area contributed by atoms with Gasteiger partial charge in [0.25, 0.3) is 10.0 Å². The first-order valence-electron chi connectivity index (χ1n) is 8.36. The molecular formula is C18H18BrN3O6S. The number of nitrogens with zero attached hydrogens (tertiary/aromatic N) is 1. The molecule has 0 spiro atoms. The molecule has 1 aliphatic rings. The maximum atomic E-state index is 12.8. The Morgan fingerprint density at radius 1 is 1.10 bits per heavy atom. The number of carbonyl (C=O) groups excluding carboxylic acids is 2. The lowest BCUT2D eigenvalue weighted by Gasteiger charge is -2.15. The van der Waals surface area contributed by atoms with Gasteiger partial charge in [0, 0.05) is 16.2 Å². The molecule has 0 saturated carbocycles. The number of halogens is 1. The highest BCUT2D eigenvalue weighted by Crippen LogP contribution is 2.36. The number of methoxy groups -OCH3 is 2. The third kappa shape index (κ3) is 4.46. The van der Waals surface area contributed by atoms with Crippen molar-refractivity contribution in [2.24, 2.45) is 0 Å². The lowest BCUT2D eigenvalue weighted by atomic mass is 10.2. The molecule has 3 rings (SSSR count). The summed E-state index contributed by atoms with van der Waals surface area (Å²) in [5, 5.41) is 2.45. The summed E-state index contributed by atoms with van der Waals surface area (Å²) in [5.41, 5.74) is 1.01. The number of sulfonamides is 1. The molecule has 2 aromatic rings. The molecular weight excluding hydrogens is 466 g/mol. The molecule has 0 atom stereocenters. The quantitative estimate of drug-likeness (QED) is 0.584. The zero-order valence-electron chi connectivity index (χ0n) is 15.6. The number of urea groups is 1. The summed E-state index contributed by atoms with van der Waals surface area (Å²) < 4.78 is 38.7. The van der Waals surface area contributed by atoms with E-state index in [2.05, 4.69) is 26.0 Å². The summed E-state index contributed by atoms with van der Waals surface area (Å²) in [5.74, 6) is 0.362. The number of benzene rings is 2. The molecule has 29 heavy (non-hydrogen) atoms. The van der Waals surface area contributed by atoms with Crippen molar-refractivity contribution >= 4 is 43.6 Å². The van der Waals surface area contributed by atoms with Crippen molar-refractivity contribution in [1.29, 1.82) is 0 Å². The van der Waals surface area contributed by atoms with Gasteiger partial charge in [-0.1, -0.05) is 12.1 Å². The van der Waals surface area contributed by atoms with E-state index in [4.69, 9.17) is 9.47 Å². The molecule has 11 heteroatoms.